The van der Waals surface area contributed by atoms with Crippen molar-refractivity contribution < 1.29 is 28.0 Å². The van der Waals surface area contributed by atoms with Crippen molar-refractivity contribution in [3.8, 4) is 0 Å². The maximum Gasteiger partial charge on any atom is 0.366 e. The molecule has 6 aliphatic heterocycles. The highest BCUT2D eigenvalue weighted by Gasteiger charge is 2.60. The van der Waals surface area contributed by atoms with Gasteiger partial charge in [-0.25, -0.2) is 13.8 Å². The van der Waals surface area contributed by atoms with Gasteiger partial charge in [0, 0.05) is 59.0 Å². The van der Waals surface area contributed by atoms with Crippen LogP contribution in [0.1, 0.15) is 86.8 Å². The summed E-state index contributed by atoms with van der Waals surface area (Å²) in [5.41, 5.74) is 7.16. The molecule has 6 saturated heterocycles. The van der Waals surface area contributed by atoms with Crippen molar-refractivity contribution in [3.63, 3.8) is 0 Å². The number of ketones is 1. The van der Waals surface area contributed by atoms with E-state index in [-0.39, 0.29) is 0 Å². The van der Waals surface area contributed by atoms with Crippen molar-refractivity contribution in [2.24, 2.45) is 23.5 Å². The molecule has 14 rings (SSSR count). The van der Waals surface area contributed by atoms with Gasteiger partial charge < -0.3 is 15.1 Å². The van der Waals surface area contributed by atoms with Crippen molar-refractivity contribution in [1.82, 2.24) is 9.80 Å². The van der Waals surface area contributed by atoms with Gasteiger partial charge in [0.1, 0.15) is 21.6 Å². The van der Waals surface area contributed by atoms with Gasteiger partial charge in [-0.1, -0.05) is 54.6 Å². The van der Waals surface area contributed by atoms with Gasteiger partial charge in [0.05, 0.1) is 4.88 Å². The largest absolute Gasteiger partial charge is 0.477 e. The van der Waals surface area contributed by atoms with Crippen LogP contribution in [-0.2, 0) is 13.5 Å². The number of thiophene rings is 3. The van der Waals surface area contributed by atoms with Gasteiger partial charge in [-0.15, -0.1) is 34.0 Å². The molecule has 4 bridgehead atoms. The molecular formula is C46H48Cl3N3O6S4. The second-order valence-electron chi connectivity index (χ2n) is 16.9. The smallest absolute Gasteiger partial charge is 0.366 e. The van der Waals surface area contributed by atoms with E-state index >= 15 is 0 Å². The second kappa shape index (κ2) is 19.7. The third kappa shape index (κ3) is 9.97. The van der Waals surface area contributed by atoms with E-state index in [0.717, 1.165) is 43.3 Å². The van der Waals surface area contributed by atoms with Crippen molar-refractivity contribution in [3.05, 3.63) is 106 Å². The maximum atomic E-state index is 12.9. The number of aromatic carboxylic acids is 1. The Bertz CT molecular complexity index is 2460. The first-order valence-corrected chi connectivity index (χ1v) is 26.5. The van der Waals surface area contributed by atoms with Gasteiger partial charge in [0.15, 0.2) is 5.78 Å². The van der Waals surface area contributed by atoms with Crippen LogP contribution in [-0.4, -0.2) is 80.1 Å². The lowest BCUT2D eigenvalue weighted by Gasteiger charge is -2.52. The SMILES string of the molecule is NC1C2CCN(CC2)C12CC2.O=C(CC1C2CCN(CC2)C12CC2)c1cc2ccccc2s1.O=C(O)c1cc2ccccc2s1.O=C(OCl)c1cc2ccccc2s1.O=S(Cl)Cl. The lowest BCUT2D eigenvalue weighted by atomic mass is 9.70. The van der Waals surface area contributed by atoms with Crippen LogP contribution >= 0.6 is 67.2 Å². The Kier molecular flexibility index (Phi) is 14.5. The number of piperidine rings is 6. The lowest BCUT2D eigenvalue weighted by Crippen LogP contribution is -2.63. The molecule has 2 spiro atoms. The lowest BCUT2D eigenvalue weighted by molar-refractivity contribution is -0.0273. The van der Waals surface area contributed by atoms with Crippen molar-refractivity contribution in [1.29, 1.82) is 0 Å². The third-order valence-electron chi connectivity index (χ3n) is 13.7. The van der Waals surface area contributed by atoms with E-state index in [1.165, 1.54) is 110 Å². The third-order valence-corrected chi connectivity index (χ3v) is 17.2. The highest BCUT2D eigenvalue weighted by Crippen LogP contribution is 2.59. The summed E-state index contributed by atoms with van der Waals surface area (Å²) >= 11 is 9.32. The molecule has 0 amide bonds. The monoisotopic (exact) mass is 971 g/mol. The van der Waals surface area contributed by atoms with E-state index in [4.69, 9.17) is 26.9 Å². The number of nitrogens with zero attached hydrogens (tertiary/aromatic N) is 2. The van der Waals surface area contributed by atoms with Crippen molar-refractivity contribution in [2.45, 2.75) is 74.9 Å². The van der Waals surface area contributed by atoms with Crippen LogP contribution in [0.5, 0.6) is 0 Å². The molecule has 6 aromatic rings. The van der Waals surface area contributed by atoms with E-state index in [1.807, 2.05) is 48.5 Å². The number of carboxylic acid groups (broad SMARTS) is 1. The zero-order valence-electron chi connectivity index (χ0n) is 33.9. The fourth-order valence-electron chi connectivity index (χ4n) is 10.4. The first-order valence-electron chi connectivity index (χ1n) is 21.0. The number of carbonyl (C=O) groups is 3. The average molecular weight is 974 g/mol. The molecule has 3 N–H and O–H groups in total. The Hall–Kier alpha value is -2.95. The number of hydrogen-bond donors (Lipinski definition) is 2. The van der Waals surface area contributed by atoms with Gasteiger partial charge in [-0.3, -0.25) is 14.6 Å². The molecule has 2 unspecified atom stereocenters. The van der Waals surface area contributed by atoms with Crippen LogP contribution in [0, 0.1) is 17.8 Å². The molecule has 8 aliphatic rings. The van der Waals surface area contributed by atoms with Crippen molar-refractivity contribution >= 4 is 124 Å². The number of benzene rings is 3. The van der Waals surface area contributed by atoms with Gasteiger partial charge in [-0.05, 0) is 148 Å². The standard InChI is InChI=1S/C19H21NOS.C9H5ClO2S.C9H16N2.C9H6O2S.Cl2OS/c21-16(18-11-14-3-1-2-4-17(14)22-18)12-15-13-5-9-20(10-6-13)19(15)7-8-19;10-12-9(11)8-5-6-3-1-2-4-7(6)13-8;10-8-7-1-5-11(6-2-7)9(8)3-4-9;10-9(11)8-5-6-3-1-2-4-7(6)12-8;1-4(2)3/h1-4,11,13,15H,5-10,12H2;1-5H;7-8H,1-6,10H2;1-5H,(H,10,11);. The normalized spacial score (nSPS) is 25.1. The minimum Gasteiger partial charge on any atom is -0.477 e. The van der Waals surface area contributed by atoms with E-state index in [9.17, 15) is 14.4 Å². The molecule has 9 nitrogen and oxygen atoms in total. The molecule has 3 aromatic carbocycles. The summed E-state index contributed by atoms with van der Waals surface area (Å²) in [6.45, 7) is 5.22. The Morgan fingerprint density at radius 3 is 1.50 bits per heavy atom. The van der Waals surface area contributed by atoms with E-state index < -0.39 is 21.2 Å². The van der Waals surface area contributed by atoms with Gasteiger partial charge >= 0.3 is 11.9 Å². The van der Waals surface area contributed by atoms with E-state index in [2.05, 4.69) is 65.8 Å². The number of nitrogens with two attached hydrogens (primary N) is 1. The summed E-state index contributed by atoms with van der Waals surface area (Å²) in [5, 5.41) is 11.9. The van der Waals surface area contributed by atoms with Crippen LogP contribution in [0.3, 0.4) is 0 Å². The molecule has 62 heavy (non-hydrogen) atoms. The number of Topliss-reactive ketones (excluding diaryl/α,β-unsaturated/α-hetero) is 1. The summed E-state index contributed by atoms with van der Waals surface area (Å²) in [4.78, 5) is 41.7. The number of halogens is 3. The molecular weight excluding hydrogens is 925 g/mol. The van der Waals surface area contributed by atoms with Gasteiger partial charge in [0.2, 0.25) is 9.23 Å². The molecule has 3 aromatic heterocycles. The van der Waals surface area contributed by atoms with Crippen LogP contribution < -0.4 is 5.73 Å². The number of carboxylic acids is 1. The quantitative estimate of drug-likeness (QED) is 0.128. The molecule has 8 fully saturated rings. The molecule has 2 atom stereocenters. The second-order valence-corrected chi connectivity index (χ2v) is 22.8. The zero-order valence-corrected chi connectivity index (χ0v) is 39.4. The molecule has 0 radical (unpaired) electrons. The Balaban J connectivity index is 0.000000115. The average Bonchev–Trinajstić information content (AvgIpc) is 4.07. The Morgan fingerprint density at radius 1 is 0.677 bits per heavy atom. The summed E-state index contributed by atoms with van der Waals surface area (Å²) < 4.78 is 16.5. The van der Waals surface area contributed by atoms with E-state index in [1.54, 1.807) is 23.5 Å². The summed E-state index contributed by atoms with van der Waals surface area (Å²) in [7, 11) is 7.36. The Morgan fingerprint density at radius 2 is 1.08 bits per heavy atom. The van der Waals surface area contributed by atoms with E-state index in [0.29, 0.717) is 38.6 Å². The molecule has 328 valence electrons. The summed E-state index contributed by atoms with van der Waals surface area (Å²) in [6, 6.07) is 29.8. The maximum absolute atomic E-state index is 12.9. The van der Waals surface area contributed by atoms with Crippen LogP contribution in [0.2, 0.25) is 0 Å². The Labute approximate surface area is 389 Å². The molecule has 2 saturated carbocycles. The minimum absolute atomic E-state index is 0.381. The first-order chi connectivity index (χ1) is 29.9. The molecule has 16 heteroatoms. The zero-order chi connectivity index (χ0) is 43.6. The van der Waals surface area contributed by atoms with Crippen LogP contribution in [0.4, 0.5) is 0 Å². The minimum atomic E-state index is -1.67. The topological polar surface area (TPSA) is 130 Å². The number of fused-ring (bicyclic) bond motifs is 7. The summed E-state index contributed by atoms with van der Waals surface area (Å²) in [6.07, 6.45) is 11.5. The predicted octanol–water partition coefficient (Wildman–Crippen LogP) is 11.8. The van der Waals surface area contributed by atoms with Gasteiger partial charge in [-0.2, -0.15) is 0 Å². The van der Waals surface area contributed by atoms with Crippen molar-refractivity contribution in [2.75, 3.05) is 26.2 Å². The highest BCUT2D eigenvalue weighted by atomic mass is 36.0. The highest BCUT2D eigenvalue weighted by molar-refractivity contribution is 8.26. The number of rotatable bonds is 5. The molecule has 9 heterocycles. The predicted molar refractivity (Wildman–Crippen MR) is 256 cm³/mol. The first kappa shape index (κ1) is 45.6. The number of hydrogen-bond acceptors (Lipinski definition) is 11. The fourth-order valence-corrected chi connectivity index (χ4v) is 13.3. The summed E-state index contributed by atoms with van der Waals surface area (Å²) in [5.74, 6) is 1.31. The van der Waals surface area contributed by atoms with Crippen LogP contribution in [0.15, 0.2) is 91.0 Å². The fraction of sp³-hybridized carbons (Fsp3) is 0.413. The molecule has 2 aliphatic carbocycles. The van der Waals surface area contributed by atoms with Gasteiger partial charge in [0.25, 0.3) is 0 Å². The number of carbonyl (C=O) groups excluding carboxylic acids is 2. The van der Waals surface area contributed by atoms with Crippen LogP contribution in [0.25, 0.3) is 30.3 Å².